The molecule has 11 heteroatoms. The van der Waals surface area contributed by atoms with Gasteiger partial charge in [-0.25, -0.2) is 9.86 Å². The second-order valence-corrected chi connectivity index (χ2v) is 9.32. The van der Waals surface area contributed by atoms with Gasteiger partial charge in [-0.05, 0) is 54.0 Å². The zero-order chi connectivity index (χ0) is 24.9. The van der Waals surface area contributed by atoms with Gasteiger partial charge in [-0.2, -0.15) is 8.42 Å². The zero-order valence-corrected chi connectivity index (χ0v) is 20.3. The fourth-order valence-electron chi connectivity index (χ4n) is 3.18. The molecule has 1 aromatic heterocycles. The predicted octanol–water partition coefficient (Wildman–Crippen LogP) is 3.51. The number of amides is 1. The van der Waals surface area contributed by atoms with Crippen molar-refractivity contribution in [1.29, 1.82) is 0 Å². The maximum atomic E-state index is 12.7. The maximum absolute atomic E-state index is 12.7. The minimum atomic E-state index is -4.15. The Morgan fingerprint density at radius 3 is 2.44 bits per heavy atom. The van der Waals surface area contributed by atoms with Crippen molar-refractivity contribution in [2.45, 2.75) is 13.0 Å². The Kier molecular flexibility index (Phi) is 8.16. The molecule has 3 rings (SSSR count). The van der Waals surface area contributed by atoms with Gasteiger partial charge in [0.2, 0.25) is 0 Å². The average Bonchev–Trinajstić information content (AvgIpc) is 2.79. The minimum absolute atomic E-state index is 0.00135. The highest BCUT2D eigenvalue weighted by molar-refractivity contribution is 7.87. The fraction of sp³-hybridized carbons (Fsp3) is 0.130. The number of nitrogens with one attached hydrogen (secondary N) is 1. The largest absolute Gasteiger partial charge is 0.497 e. The Morgan fingerprint density at radius 1 is 1.09 bits per heavy atom. The van der Waals surface area contributed by atoms with Gasteiger partial charge >= 0.3 is 0 Å². The molecule has 2 aromatic carbocycles. The first-order valence-corrected chi connectivity index (χ1v) is 12.2. The third kappa shape index (κ3) is 6.71. The Bertz CT molecular complexity index is 1400. The normalized spacial score (nSPS) is 11.5. The molecule has 0 saturated carbocycles. The van der Waals surface area contributed by atoms with E-state index in [1.165, 1.54) is 22.8 Å². The van der Waals surface area contributed by atoms with E-state index in [0.717, 1.165) is 11.1 Å². The molecule has 0 unspecified atom stereocenters. The third-order valence-electron chi connectivity index (χ3n) is 4.84. The lowest BCUT2D eigenvalue weighted by Gasteiger charge is -2.13. The van der Waals surface area contributed by atoms with Gasteiger partial charge < -0.3 is 9.30 Å². The van der Waals surface area contributed by atoms with Gasteiger partial charge in [-0.1, -0.05) is 53.5 Å². The van der Waals surface area contributed by atoms with Crippen molar-refractivity contribution < 1.29 is 17.9 Å². The van der Waals surface area contributed by atoms with E-state index in [1.807, 2.05) is 30.3 Å². The van der Waals surface area contributed by atoms with Crippen LogP contribution in [0.2, 0.25) is 10.0 Å². The first-order valence-electron chi connectivity index (χ1n) is 9.92. The molecule has 0 bridgehead atoms. The molecule has 3 aromatic rings. The standard InChI is InChI=1S/C23H21Cl2N3O5S/c1-33-18-4-2-3-16(13-18)7-10-21-19(24)14-20(25)23(30)28(21)12-11-15-5-8-17(9-6-15)22(29)27-34(26,31)32/h2-10,13-14H,11-12H2,1H3,(H,27,29)(H2,26,31,32). The second-order valence-electron chi connectivity index (χ2n) is 7.22. The highest BCUT2D eigenvalue weighted by Gasteiger charge is 2.13. The van der Waals surface area contributed by atoms with E-state index >= 15 is 0 Å². The van der Waals surface area contributed by atoms with Crippen molar-refractivity contribution >= 4 is 51.5 Å². The number of halogens is 2. The van der Waals surface area contributed by atoms with Crippen LogP contribution in [0, 0.1) is 0 Å². The number of carbonyl (C=O) groups is 1. The van der Waals surface area contributed by atoms with Crippen LogP contribution < -0.4 is 20.2 Å². The topological polar surface area (TPSA) is 120 Å². The van der Waals surface area contributed by atoms with Gasteiger partial charge in [0.15, 0.2) is 0 Å². The van der Waals surface area contributed by atoms with E-state index in [0.29, 0.717) is 22.9 Å². The lowest BCUT2D eigenvalue weighted by Crippen LogP contribution is -2.35. The Labute approximate surface area is 206 Å². The number of carbonyl (C=O) groups excluding carboxylic acids is 1. The van der Waals surface area contributed by atoms with Crippen LogP contribution in [-0.2, 0) is 23.2 Å². The number of methoxy groups -OCH3 is 1. The van der Waals surface area contributed by atoms with Gasteiger partial charge in [0.05, 0.1) is 17.8 Å². The number of aryl methyl sites for hydroxylation is 1. The van der Waals surface area contributed by atoms with Crippen molar-refractivity contribution in [3.8, 4) is 5.75 Å². The molecule has 0 aliphatic rings. The second kappa shape index (κ2) is 10.9. The number of benzene rings is 2. The van der Waals surface area contributed by atoms with Crippen LogP contribution >= 0.6 is 23.2 Å². The minimum Gasteiger partial charge on any atom is -0.497 e. The molecule has 0 radical (unpaired) electrons. The molecule has 0 aliphatic heterocycles. The summed E-state index contributed by atoms with van der Waals surface area (Å²) in [6.07, 6.45) is 3.97. The Morgan fingerprint density at radius 2 is 1.79 bits per heavy atom. The molecular weight excluding hydrogens is 501 g/mol. The summed E-state index contributed by atoms with van der Waals surface area (Å²) in [6, 6.07) is 15.1. The molecule has 0 atom stereocenters. The van der Waals surface area contributed by atoms with Crippen molar-refractivity contribution in [2.24, 2.45) is 5.14 Å². The number of nitrogens with two attached hydrogens (primary N) is 1. The zero-order valence-electron chi connectivity index (χ0n) is 18.0. The molecule has 0 fully saturated rings. The van der Waals surface area contributed by atoms with E-state index in [2.05, 4.69) is 0 Å². The van der Waals surface area contributed by atoms with Crippen molar-refractivity contribution in [3.05, 3.63) is 97.4 Å². The van der Waals surface area contributed by atoms with E-state index in [9.17, 15) is 18.0 Å². The van der Waals surface area contributed by atoms with Crippen LogP contribution in [0.5, 0.6) is 5.75 Å². The number of pyridine rings is 1. The molecule has 1 amide bonds. The number of hydrogen-bond donors (Lipinski definition) is 2. The molecule has 178 valence electrons. The molecule has 34 heavy (non-hydrogen) atoms. The van der Waals surface area contributed by atoms with E-state index in [-0.39, 0.29) is 22.7 Å². The van der Waals surface area contributed by atoms with Gasteiger partial charge in [0.1, 0.15) is 10.8 Å². The fourth-order valence-corrected chi connectivity index (χ4v) is 4.10. The van der Waals surface area contributed by atoms with E-state index in [1.54, 1.807) is 30.0 Å². The van der Waals surface area contributed by atoms with Crippen molar-refractivity contribution in [2.75, 3.05) is 7.11 Å². The molecule has 0 spiro atoms. The average molecular weight is 522 g/mol. The van der Waals surface area contributed by atoms with Gasteiger partial charge in [-0.3, -0.25) is 9.59 Å². The van der Waals surface area contributed by atoms with E-state index in [4.69, 9.17) is 33.1 Å². The van der Waals surface area contributed by atoms with Crippen LogP contribution in [-0.4, -0.2) is 26.0 Å². The summed E-state index contributed by atoms with van der Waals surface area (Å²) in [6.45, 7) is 0.264. The quantitative estimate of drug-likeness (QED) is 0.469. The van der Waals surface area contributed by atoms with Gasteiger partial charge in [0, 0.05) is 12.1 Å². The summed E-state index contributed by atoms with van der Waals surface area (Å²) in [4.78, 5) is 24.6. The number of ether oxygens (including phenoxy) is 1. The number of hydrogen-bond acceptors (Lipinski definition) is 5. The number of rotatable bonds is 8. The van der Waals surface area contributed by atoms with Crippen LogP contribution in [0.3, 0.4) is 0 Å². The summed E-state index contributed by atoms with van der Waals surface area (Å²) in [7, 11) is -2.57. The molecule has 1 heterocycles. The van der Waals surface area contributed by atoms with Crippen LogP contribution in [0.15, 0.2) is 59.4 Å². The lowest BCUT2D eigenvalue weighted by atomic mass is 10.1. The summed E-state index contributed by atoms with van der Waals surface area (Å²) < 4.78 is 30.4. The Balaban J connectivity index is 1.83. The SMILES string of the molecule is COc1cccc(C=Cc2c(Cl)cc(Cl)c(=O)n2CCc2ccc(C(=O)NS(N)(=O)=O)cc2)c1. The number of nitrogens with zero attached hydrogens (tertiary/aromatic N) is 1. The van der Waals surface area contributed by atoms with Crippen molar-refractivity contribution in [3.63, 3.8) is 0 Å². The Hall–Kier alpha value is -3.11. The monoisotopic (exact) mass is 521 g/mol. The van der Waals surface area contributed by atoms with Crippen LogP contribution in [0.25, 0.3) is 12.2 Å². The third-order valence-corrected chi connectivity index (χ3v) is 5.88. The maximum Gasteiger partial charge on any atom is 0.298 e. The first kappa shape index (κ1) is 25.5. The van der Waals surface area contributed by atoms with Crippen LogP contribution in [0.4, 0.5) is 0 Å². The number of aromatic nitrogens is 1. The van der Waals surface area contributed by atoms with Gasteiger partial charge in [0.25, 0.3) is 21.7 Å². The lowest BCUT2D eigenvalue weighted by molar-refractivity contribution is 0.0981. The van der Waals surface area contributed by atoms with Crippen molar-refractivity contribution in [1.82, 2.24) is 9.29 Å². The van der Waals surface area contributed by atoms with E-state index < -0.39 is 16.1 Å². The van der Waals surface area contributed by atoms with Gasteiger partial charge in [-0.15, -0.1) is 0 Å². The molecule has 8 nitrogen and oxygen atoms in total. The molecule has 0 saturated heterocycles. The molecular formula is C23H21Cl2N3O5S. The predicted molar refractivity (Wildman–Crippen MR) is 133 cm³/mol. The summed E-state index contributed by atoms with van der Waals surface area (Å²) in [5, 5.41) is 5.14. The molecule has 3 N–H and O–H groups in total. The smallest absolute Gasteiger partial charge is 0.298 e. The highest BCUT2D eigenvalue weighted by atomic mass is 35.5. The summed E-state index contributed by atoms with van der Waals surface area (Å²) in [5.41, 5.74) is 1.89. The first-order chi connectivity index (χ1) is 16.1. The van der Waals surface area contributed by atoms with Crippen LogP contribution in [0.1, 0.15) is 27.2 Å². The summed E-state index contributed by atoms with van der Waals surface area (Å²) in [5.74, 6) is -0.139. The highest BCUT2D eigenvalue weighted by Crippen LogP contribution is 2.22. The molecule has 0 aliphatic carbocycles. The summed E-state index contributed by atoms with van der Waals surface area (Å²) >= 11 is 12.5.